The van der Waals surface area contributed by atoms with Gasteiger partial charge in [0.1, 0.15) is 0 Å². The lowest BCUT2D eigenvalue weighted by Gasteiger charge is -2.35. The number of likely N-dealkylation sites (tertiary alicyclic amines) is 1. The Morgan fingerprint density at radius 3 is 2.38 bits per heavy atom. The number of carboxylic acid groups (broad SMARTS) is 1. The fourth-order valence-electron chi connectivity index (χ4n) is 2.36. The van der Waals surface area contributed by atoms with Gasteiger partial charge in [-0.2, -0.15) is 0 Å². The van der Waals surface area contributed by atoms with E-state index in [9.17, 15) is 9.59 Å². The second-order valence-corrected chi connectivity index (χ2v) is 4.40. The Hall–Kier alpha value is -1.10. The third-order valence-corrected chi connectivity index (χ3v) is 3.27. The molecule has 1 atom stereocenters. The van der Waals surface area contributed by atoms with E-state index in [2.05, 4.69) is 4.90 Å². The van der Waals surface area contributed by atoms with Crippen LogP contribution >= 0.6 is 0 Å². The van der Waals surface area contributed by atoms with Gasteiger partial charge in [0, 0.05) is 6.42 Å². The summed E-state index contributed by atoms with van der Waals surface area (Å²) in [6.07, 6.45) is 2.65. The quantitative estimate of drug-likeness (QED) is 0.715. The third kappa shape index (κ3) is 3.48. The zero-order chi connectivity index (χ0) is 12.1. The highest BCUT2D eigenvalue weighted by Gasteiger charge is 2.27. The van der Waals surface area contributed by atoms with Gasteiger partial charge in [-0.05, 0) is 38.3 Å². The van der Waals surface area contributed by atoms with Crippen LogP contribution in [0.5, 0.6) is 0 Å². The number of nitrogens with zero attached hydrogens (tertiary/aromatic N) is 1. The van der Waals surface area contributed by atoms with Crippen LogP contribution in [0.15, 0.2) is 0 Å². The van der Waals surface area contributed by atoms with Crippen molar-refractivity contribution in [2.45, 2.75) is 38.6 Å². The van der Waals surface area contributed by atoms with Crippen molar-refractivity contribution in [3.05, 3.63) is 0 Å². The summed E-state index contributed by atoms with van der Waals surface area (Å²) in [6.45, 7) is 3.50. The maximum Gasteiger partial charge on any atom is 0.303 e. The van der Waals surface area contributed by atoms with Crippen molar-refractivity contribution in [1.29, 1.82) is 0 Å². The molecule has 5 heteroatoms. The predicted molar refractivity (Wildman–Crippen MR) is 59.8 cm³/mol. The van der Waals surface area contributed by atoms with Gasteiger partial charge in [-0.25, -0.2) is 0 Å². The molecule has 3 N–H and O–H groups in total. The van der Waals surface area contributed by atoms with Crippen molar-refractivity contribution in [3.8, 4) is 0 Å². The minimum atomic E-state index is -0.736. The van der Waals surface area contributed by atoms with Crippen molar-refractivity contribution in [2.75, 3.05) is 13.1 Å². The summed E-state index contributed by atoms with van der Waals surface area (Å²) in [4.78, 5) is 23.8. The molecule has 0 bridgehead atoms. The molecule has 1 aliphatic heterocycles. The van der Waals surface area contributed by atoms with Crippen LogP contribution in [0.4, 0.5) is 0 Å². The molecule has 1 saturated heterocycles. The molecule has 1 aliphatic rings. The topological polar surface area (TPSA) is 83.6 Å². The third-order valence-electron chi connectivity index (χ3n) is 3.27. The first-order chi connectivity index (χ1) is 7.54. The normalized spacial score (nSPS) is 20.6. The minimum absolute atomic E-state index is 0.189. The molecular formula is C11H20N2O3. The summed E-state index contributed by atoms with van der Waals surface area (Å²) < 4.78 is 0. The molecule has 16 heavy (non-hydrogen) atoms. The molecular weight excluding hydrogens is 208 g/mol. The minimum Gasteiger partial charge on any atom is -0.481 e. The molecule has 0 saturated carbocycles. The number of amides is 1. The number of rotatable bonds is 5. The van der Waals surface area contributed by atoms with Crippen LogP contribution in [0.25, 0.3) is 0 Å². The fraction of sp³-hybridized carbons (Fsp3) is 0.818. The second-order valence-electron chi connectivity index (χ2n) is 4.40. The number of hydrogen-bond acceptors (Lipinski definition) is 3. The molecule has 0 aromatic carbocycles. The van der Waals surface area contributed by atoms with Crippen molar-refractivity contribution in [3.63, 3.8) is 0 Å². The smallest absolute Gasteiger partial charge is 0.303 e. The van der Waals surface area contributed by atoms with E-state index >= 15 is 0 Å². The van der Waals surface area contributed by atoms with Gasteiger partial charge in [0.2, 0.25) is 5.91 Å². The van der Waals surface area contributed by atoms with Crippen LogP contribution in [0.1, 0.15) is 32.6 Å². The number of hydrogen-bond donors (Lipinski definition) is 2. The van der Waals surface area contributed by atoms with E-state index in [4.69, 9.17) is 10.8 Å². The second kappa shape index (κ2) is 5.84. The average molecular weight is 228 g/mol. The Labute approximate surface area is 95.6 Å². The van der Waals surface area contributed by atoms with Crippen molar-refractivity contribution in [2.24, 2.45) is 11.7 Å². The Morgan fingerprint density at radius 2 is 2.00 bits per heavy atom. The van der Waals surface area contributed by atoms with Crippen molar-refractivity contribution >= 4 is 11.9 Å². The molecule has 0 spiro atoms. The van der Waals surface area contributed by atoms with E-state index in [-0.39, 0.29) is 24.3 Å². The largest absolute Gasteiger partial charge is 0.481 e. The molecule has 0 aromatic rings. The van der Waals surface area contributed by atoms with Gasteiger partial charge in [0.15, 0.2) is 0 Å². The average Bonchev–Trinajstić information content (AvgIpc) is 2.20. The van der Waals surface area contributed by atoms with Gasteiger partial charge in [-0.1, -0.05) is 6.92 Å². The lowest BCUT2D eigenvalue weighted by Crippen LogP contribution is -2.48. The van der Waals surface area contributed by atoms with Gasteiger partial charge in [-0.15, -0.1) is 0 Å². The number of carbonyl (C=O) groups is 2. The Kier molecular flexibility index (Phi) is 4.73. The highest BCUT2D eigenvalue weighted by atomic mass is 16.4. The van der Waals surface area contributed by atoms with Crippen LogP contribution < -0.4 is 5.73 Å². The number of carbonyl (C=O) groups excluding carboxylic acids is 1. The Balaban J connectivity index is 2.41. The number of primary amides is 1. The van der Waals surface area contributed by atoms with E-state index in [1.807, 2.05) is 6.92 Å². The summed E-state index contributed by atoms with van der Waals surface area (Å²) >= 11 is 0. The predicted octanol–water partition coefficient (Wildman–Crippen LogP) is 0.437. The molecule has 1 rings (SSSR count). The SMILES string of the molecule is CCC(C(N)=O)N1CCC(CC(=O)O)CC1. The highest BCUT2D eigenvalue weighted by Crippen LogP contribution is 2.22. The lowest BCUT2D eigenvalue weighted by atomic mass is 9.92. The molecule has 1 heterocycles. The number of carboxylic acids is 1. The fourth-order valence-corrected chi connectivity index (χ4v) is 2.36. The van der Waals surface area contributed by atoms with Crippen LogP contribution in [0, 0.1) is 5.92 Å². The number of piperidine rings is 1. The van der Waals surface area contributed by atoms with Crippen LogP contribution in [-0.4, -0.2) is 41.0 Å². The Morgan fingerprint density at radius 1 is 1.44 bits per heavy atom. The number of nitrogens with two attached hydrogens (primary N) is 1. The lowest BCUT2D eigenvalue weighted by molar-refractivity contribution is -0.138. The zero-order valence-corrected chi connectivity index (χ0v) is 9.69. The van der Waals surface area contributed by atoms with Crippen LogP contribution in [0.2, 0.25) is 0 Å². The molecule has 0 radical (unpaired) electrons. The maximum atomic E-state index is 11.2. The summed E-state index contributed by atoms with van der Waals surface area (Å²) in [6, 6.07) is -0.189. The standard InChI is InChI=1S/C11H20N2O3/c1-2-9(11(12)16)13-5-3-8(4-6-13)7-10(14)15/h8-9H,2-7H2,1H3,(H2,12,16)(H,14,15). The molecule has 92 valence electrons. The van der Waals surface area contributed by atoms with Crippen molar-refractivity contribution < 1.29 is 14.7 Å². The van der Waals surface area contributed by atoms with Crippen molar-refractivity contribution in [1.82, 2.24) is 4.90 Å². The highest BCUT2D eigenvalue weighted by molar-refractivity contribution is 5.79. The molecule has 1 fully saturated rings. The van der Waals surface area contributed by atoms with Gasteiger partial charge >= 0.3 is 5.97 Å². The molecule has 1 amide bonds. The molecule has 1 unspecified atom stereocenters. The molecule has 5 nitrogen and oxygen atoms in total. The van der Waals surface area contributed by atoms with Gasteiger partial charge < -0.3 is 10.8 Å². The first-order valence-corrected chi connectivity index (χ1v) is 5.79. The summed E-state index contributed by atoms with van der Waals surface area (Å²) in [5.41, 5.74) is 5.32. The summed E-state index contributed by atoms with van der Waals surface area (Å²) in [7, 11) is 0. The van der Waals surface area contributed by atoms with Crippen LogP contribution in [-0.2, 0) is 9.59 Å². The maximum absolute atomic E-state index is 11.2. The molecule has 0 aromatic heterocycles. The van der Waals surface area contributed by atoms with E-state index in [1.54, 1.807) is 0 Å². The van der Waals surface area contributed by atoms with Gasteiger partial charge in [-0.3, -0.25) is 14.5 Å². The van der Waals surface area contributed by atoms with Crippen LogP contribution in [0.3, 0.4) is 0 Å². The Bertz CT molecular complexity index is 260. The van der Waals surface area contributed by atoms with E-state index in [0.29, 0.717) is 0 Å². The summed E-state index contributed by atoms with van der Waals surface area (Å²) in [5, 5.41) is 8.69. The monoisotopic (exact) mass is 228 g/mol. The summed E-state index contributed by atoms with van der Waals surface area (Å²) in [5.74, 6) is -0.765. The van der Waals surface area contributed by atoms with Gasteiger partial charge in [0.25, 0.3) is 0 Å². The first-order valence-electron chi connectivity index (χ1n) is 5.79. The number of aliphatic carboxylic acids is 1. The van der Waals surface area contributed by atoms with E-state index in [0.717, 1.165) is 32.4 Å². The van der Waals surface area contributed by atoms with E-state index in [1.165, 1.54) is 0 Å². The first kappa shape index (κ1) is 13.0. The molecule has 0 aliphatic carbocycles. The van der Waals surface area contributed by atoms with E-state index < -0.39 is 5.97 Å². The zero-order valence-electron chi connectivity index (χ0n) is 9.69. The van der Waals surface area contributed by atoms with Gasteiger partial charge in [0.05, 0.1) is 6.04 Å².